The van der Waals surface area contributed by atoms with Gasteiger partial charge in [0.1, 0.15) is 12.5 Å². The van der Waals surface area contributed by atoms with Gasteiger partial charge in [-0.05, 0) is 84.2 Å². The molecule has 0 spiro atoms. The van der Waals surface area contributed by atoms with Gasteiger partial charge in [-0.3, -0.25) is 9.69 Å². The van der Waals surface area contributed by atoms with Gasteiger partial charge in [0.05, 0.1) is 11.6 Å². The molecular weight excluding hydrogens is 532 g/mol. The van der Waals surface area contributed by atoms with Crippen LogP contribution in [0.1, 0.15) is 62.5 Å². The topological polar surface area (TPSA) is 72.3 Å². The largest absolute Gasteiger partial charge is 0.363 e. The molecule has 2 unspecified atom stereocenters. The number of hydrogen-bond donors (Lipinski definition) is 2. The summed E-state index contributed by atoms with van der Waals surface area (Å²) < 4.78 is 0. The molecule has 4 heterocycles. The molecule has 2 N–H and O–H groups in total. The van der Waals surface area contributed by atoms with E-state index in [2.05, 4.69) is 89.2 Å². The highest BCUT2D eigenvalue weighted by Crippen LogP contribution is 2.41. The Morgan fingerprint density at radius 3 is 2.67 bits per heavy atom. The Kier molecular flexibility index (Phi) is 6.72. The molecule has 3 aromatic carbocycles. The van der Waals surface area contributed by atoms with Crippen molar-refractivity contribution in [3.8, 4) is 0 Å². The average Bonchev–Trinajstić information content (AvgIpc) is 3.80. The number of carbonyl (C=O) groups is 1. The van der Waals surface area contributed by atoms with Crippen LogP contribution in [0.2, 0.25) is 0 Å². The van der Waals surface area contributed by atoms with Gasteiger partial charge in [-0.1, -0.05) is 42.5 Å². The average molecular weight is 571 g/mol. The van der Waals surface area contributed by atoms with E-state index in [-0.39, 0.29) is 18.0 Å². The first-order valence-corrected chi connectivity index (χ1v) is 15.8. The highest BCUT2D eigenvalue weighted by molar-refractivity contribution is 6.13. The molecule has 2 atom stereocenters. The fraction of sp³-hybridized carbons (Fsp3) is 0.361. The number of carbonyl (C=O) groups excluding carboxylic acids is 1. The molecule has 3 aromatic rings. The van der Waals surface area contributed by atoms with Crippen molar-refractivity contribution in [1.29, 1.82) is 0 Å². The van der Waals surface area contributed by atoms with E-state index >= 15 is 0 Å². The van der Waals surface area contributed by atoms with Gasteiger partial charge in [0, 0.05) is 61.8 Å². The summed E-state index contributed by atoms with van der Waals surface area (Å²) in [5, 5.41) is 7.10. The first-order chi connectivity index (χ1) is 21.1. The molecule has 8 rings (SSSR count). The van der Waals surface area contributed by atoms with Crippen LogP contribution < -0.4 is 15.5 Å². The third-order valence-electron chi connectivity index (χ3n) is 9.71. The first-order valence-electron chi connectivity index (χ1n) is 15.8. The Labute approximate surface area is 253 Å². The van der Waals surface area contributed by atoms with Crippen LogP contribution in [0.4, 0.5) is 5.69 Å². The van der Waals surface area contributed by atoms with Gasteiger partial charge in [-0.2, -0.15) is 0 Å². The lowest BCUT2D eigenvalue weighted by atomic mass is 9.89. The summed E-state index contributed by atoms with van der Waals surface area (Å²) in [5.74, 6) is 0.811. The minimum Gasteiger partial charge on any atom is -0.363 e. The van der Waals surface area contributed by atoms with Crippen molar-refractivity contribution >= 4 is 29.3 Å². The summed E-state index contributed by atoms with van der Waals surface area (Å²) in [6, 6.07) is 21.6. The normalized spacial score (nSPS) is 23.4. The summed E-state index contributed by atoms with van der Waals surface area (Å²) in [6.07, 6.45) is 7.32. The Bertz CT molecular complexity index is 1680. The molecule has 0 radical (unpaired) electrons. The number of rotatable bonds is 6. The van der Waals surface area contributed by atoms with Crippen molar-refractivity contribution < 1.29 is 4.79 Å². The Morgan fingerprint density at radius 2 is 1.81 bits per heavy atom. The summed E-state index contributed by atoms with van der Waals surface area (Å²) in [7, 11) is 0. The molecule has 218 valence electrons. The lowest BCUT2D eigenvalue weighted by Crippen LogP contribution is -2.42. The third-order valence-corrected chi connectivity index (χ3v) is 9.71. The summed E-state index contributed by atoms with van der Waals surface area (Å²) in [5.41, 5.74) is 11.2. The first kappa shape index (κ1) is 26.5. The molecule has 7 nitrogen and oxygen atoms in total. The number of hydrogen-bond acceptors (Lipinski definition) is 6. The lowest BCUT2D eigenvalue weighted by Gasteiger charge is -2.31. The van der Waals surface area contributed by atoms with E-state index in [1.165, 1.54) is 35.1 Å². The second-order valence-electron chi connectivity index (χ2n) is 12.5. The van der Waals surface area contributed by atoms with E-state index in [0.717, 1.165) is 72.9 Å². The molecule has 5 aliphatic rings. The van der Waals surface area contributed by atoms with E-state index in [4.69, 9.17) is 9.98 Å². The molecule has 0 aromatic heterocycles. The zero-order valence-electron chi connectivity index (χ0n) is 24.7. The maximum absolute atomic E-state index is 13.7. The fourth-order valence-electron chi connectivity index (χ4n) is 7.18. The molecule has 1 amide bonds. The van der Waals surface area contributed by atoms with Crippen molar-refractivity contribution in [1.82, 2.24) is 15.5 Å². The van der Waals surface area contributed by atoms with Crippen molar-refractivity contribution in [3.05, 3.63) is 106 Å². The molecule has 1 saturated carbocycles. The van der Waals surface area contributed by atoms with Crippen LogP contribution in [0.25, 0.3) is 5.70 Å². The van der Waals surface area contributed by atoms with Crippen molar-refractivity contribution in [3.63, 3.8) is 0 Å². The highest BCUT2D eigenvalue weighted by atomic mass is 16.2. The number of piperazine rings is 1. The number of benzene rings is 3. The van der Waals surface area contributed by atoms with E-state index in [1.54, 1.807) is 6.34 Å². The van der Waals surface area contributed by atoms with E-state index in [9.17, 15) is 4.79 Å². The Morgan fingerprint density at radius 1 is 0.953 bits per heavy atom. The van der Waals surface area contributed by atoms with E-state index < -0.39 is 0 Å². The number of amides is 1. The maximum atomic E-state index is 13.7. The van der Waals surface area contributed by atoms with Crippen LogP contribution >= 0.6 is 0 Å². The minimum absolute atomic E-state index is 0.0180. The van der Waals surface area contributed by atoms with Gasteiger partial charge in [0.2, 0.25) is 0 Å². The fourth-order valence-corrected chi connectivity index (χ4v) is 7.18. The summed E-state index contributed by atoms with van der Waals surface area (Å²) in [4.78, 5) is 27.7. The third kappa shape index (κ3) is 5.00. The quantitative estimate of drug-likeness (QED) is 0.443. The van der Waals surface area contributed by atoms with Crippen molar-refractivity contribution in [2.45, 2.75) is 44.8 Å². The zero-order chi connectivity index (χ0) is 28.9. The monoisotopic (exact) mass is 570 g/mol. The SMILES string of the molecule is Cc1c(C2=NC=NC3NC(c4cccc(CN5CCNCC5)c4)=CC23)cccc1N1CCc2cc(C3CC3)ccc2C1=O. The summed E-state index contributed by atoms with van der Waals surface area (Å²) >= 11 is 0. The minimum atomic E-state index is -0.0912. The standard InChI is InChI=1S/C36H38N6O/c1-23-29(6-3-7-33(23)42-15-12-27-19-26(25-8-9-25)10-11-30(27)36(42)43)34-31-20-32(40-35(31)39-22-38-34)28-5-2-4-24(18-28)21-41-16-13-37-14-17-41/h2-7,10-11,18-20,22,25,31,35,37,40H,8-9,12-17,21H2,1H3. The maximum Gasteiger partial charge on any atom is 0.258 e. The zero-order valence-corrected chi connectivity index (χ0v) is 24.7. The van der Waals surface area contributed by atoms with Crippen LogP contribution in [0.15, 0.2) is 76.7 Å². The smallest absolute Gasteiger partial charge is 0.258 e. The van der Waals surface area contributed by atoms with Crippen LogP contribution in [-0.4, -0.2) is 61.7 Å². The summed E-state index contributed by atoms with van der Waals surface area (Å²) in [6.45, 7) is 8.06. The molecule has 43 heavy (non-hydrogen) atoms. The van der Waals surface area contributed by atoms with E-state index in [1.807, 2.05) is 4.90 Å². The second-order valence-corrected chi connectivity index (χ2v) is 12.5. The Balaban J connectivity index is 1.06. The molecule has 1 saturated heterocycles. The van der Waals surface area contributed by atoms with Gasteiger partial charge in [-0.25, -0.2) is 9.98 Å². The highest BCUT2D eigenvalue weighted by Gasteiger charge is 2.35. The molecule has 7 heteroatoms. The molecule has 1 aliphatic carbocycles. The van der Waals surface area contributed by atoms with Gasteiger partial charge in [-0.15, -0.1) is 0 Å². The number of nitrogens with zero attached hydrogens (tertiary/aromatic N) is 4. The molecule has 4 aliphatic heterocycles. The van der Waals surface area contributed by atoms with Crippen LogP contribution in [0.5, 0.6) is 0 Å². The number of fused-ring (bicyclic) bond motifs is 2. The second kappa shape index (κ2) is 10.9. The molecular formula is C36H38N6O. The van der Waals surface area contributed by atoms with Crippen molar-refractivity contribution in [2.24, 2.45) is 15.9 Å². The van der Waals surface area contributed by atoms with Gasteiger partial charge in [0.25, 0.3) is 5.91 Å². The van der Waals surface area contributed by atoms with Crippen LogP contribution in [0.3, 0.4) is 0 Å². The Hall–Kier alpha value is -4.07. The number of anilines is 1. The van der Waals surface area contributed by atoms with E-state index in [0.29, 0.717) is 12.5 Å². The van der Waals surface area contributed by atoms with Crippen molar-refractivity contribution in [2.75, 3.05) is 37.6 Å². The lowest BCUT2D eigenvalue weighted by molar-refractivity contribution is 0.0980. The number of nitrogens with one attached hydrogen (secondary N) is 2. The predicted octanol–water partition coefficient (Wildman–Crippen LogP) is 4.90. The number of aliphatic imine (C=N–C) groups is 2. The van der Waals surface area contributed by atoms with Crippen LogP contribution in [-0.2, 0) is 13.0 Å². The van der Waals surface area contributed by atoms with Crippen LogP contribution in [0, 0.1) is 12.8 Å². The van der Waals surface area contributed by atoms with Gasteiger partial charge >= 0.3 is 0 Å². The van der Waals surface area contributed by atoms with Gasteiger partial charge < -0.3 is 15.5 Å². The molecule has 2 fully saturated rings. The predicted molar refractivity (Wildman–Crippen MR) is 173 cm³/mol. The van der Waals surface area contributed by atoms with Gasteiger partial charge in [0.15, 0.2) is 0 Å². The molecule has 0 bridgehead atoms.